The van der Waals surface area contributed by atoms with E-state index in [1.165, 1.54) is 116 Å². The molecular weight excluding hydrogens is 811 g/mol. The molecule has 0 radical (unpaired) electrons. The Balaban J connectivity index is 2.40. The number of allylic oxidation sites excluding steroid dienone is 6. The van der Waals surface area contributed by atoms with Gasteiger partial charge in [0.25, 0.3) is 0 Å². The second-order valence-electron chi connectivity index (χ2n) is 18.6. The molecule has 11 nitrogen and oxygen atoms in total. The quantitative estimate of drug-likeness (QED) is 0.0216. The van der Waals surface area contributed by atoms with Crippen molar-refractivity contribution in [3.05, 3.63) is 36.5 Å². The molecule has 1 fully saturated rings. The molecule has 1 aliphatic rings. The van der Waals surface area contributed by atoms with Gasteiger partial charge in [0.15, 0.2) is 6.29 Å². The average molecular weight is 910 g/mol. The molecule has 1 heterocycles. The summed E-state index contributed by atoms with van der Waals surface area (Å²) in [7, 11) is 0. The molecule has 0 aromatic rings. The fourth-order valence-corrected chi connectivity index (χ4v) is 8.28. The maximum absolute atomic E-state index is 13.1. The summed E-state index contributed by atoms with van der Waals surface area (Å²) in [6.45, 7) is 3.42. The maximum Gasteiger partial charge on any atom is 0.249 e. The van der Waals surface area contributed by atoms with Gasteiger partial charge in [-0.1, -0.05) is 185 Å². The van der Waals surface area contributed by atoms with Crippen LogP contribution in [0.4, 0.5) is 0 Å². The van der Waals surface area contributed by atoms with E-state index in [-0.39, 0.29) is 12.8 Å². The van der Waals surface area contributed by atoms with E-state index < -0.39 is 74.2 Å². The van der Waals surface area contributed by atoms with E-state index in [1.54, 1.807) is 0 Å². The summed E-state index contributed by atoms with van der Waals surface area (Å²) in [5.41, 5.74) is 0. The molecule has 0 aliphatic carbocycles. The van der Waals surface area contributed by atoms with Crippen LogP contribution in [0.5, 0.6) is 0 Å². The number of rotatable bonds is 44. The van der Waals surface area contributed by atoms with Gasteiger partial charge in [0.1, 0.15) is 36.6 Å². The van der Waals surface area contributed by atoms with Gasteiger partial charge in [-0.25, -0.2) is 0 Å². The van der Waals surface area contributed by atoms with Crippen LogP contribution < -0.4 is 5.32 Å². The number of ether oxygens (including phenoxy) is 2. The number of amides is 1. The molecule has 9 atom stereocenters. The van der Waals surface area contributed by atoms with Crippen molar-refractivity contribution in [2.24, 2.45) is 0 Å². The Morgan fingerprint density at radius 1 is 0.531 bits per heavy atom. The predicted molar refractivity (Wildman–Crippen MR) is 261 cm³/mol. The van der Waals surface area contributed by atoms with E-state index in [9.17, 15) is 40.5 Å². The molecule has 8 N–H and O–H groups in total. The number of nitrogens with one attached hydrogen (secondary N) is 1. The standard InChI is InChI=1S/C53H99NO10/c1-3-5-7-9-11-13-15-17-19-20-21-22-23-24-25-26-27-29-30-32-34-36-38-40-45(56)48(58)44(43-63-53-51(61)50(60)49(59)47(42-55)64-53)54-52(62)46(57)41-39-37-35-33-31-28-18-16-14-12-10-8-6-4-2/h14,16,26-27,32,34,44-51,53,55-61H,3-13,15,17-25,28-31,33,35-43H2,1-2H3,(H,54,62)/b16-14-,27-26+,34-32+. The van der Waals surface area contributed by atoms with Crippen molar-refractivity contribution in [2.75, 3.05) is 13.2 Å². The van der Waals surface area contributed by atoms with Gasteiger partial charge in [-0.2, -0.15) is 0 Å². The SMILES string of the molecule is CCCCCC/C=C\CCCCCCCCC(O)C(=O)NC(COC1OC(CO)C(O)C(O)C1O)C(O)C(O)CCC/C=C/CC/C=C/CCCCCCCCCCCCCCCC. The van der Waals surface area contributed by atoms with Gasteiger partial charge in [-0.05, 0) is 77.0 Å². The van der Waals surface area contributed by atoms with Gasteiger partial charge in [0, 0.05) is 0 Å². The Morgan fingerprint density at radius 2 is 0.938 bits per heavy atom. The Hall–Kier alpha value is -1.67. The van der Waals surface area contributed by atoms with E-state index in [4.69, 9.17) is 9.47 Å². The predicted octanol–water partition coefficient (Wildman–Crippen LogP) is 9.95. The average Bonchev–Trinajstić information content (AvgIpc) is 3.29. The summed E-state index contributed by atoms with van der Waals surface area (Å²) in [5, 5.41) is 75.8. The molecule has 0 bridgehead atoms. The summed E-state index contributed by atoms with van der Waals surface area (Å²) in [4.78, 5) is 13.1. The highest BCUT2D eigenvalue weighted by molar-refractivity contribution is 5.80. The molecule has 1 aliphatic heterocycles. The molecule has 1 rings (SSSR count). The van der Waals surface area contributed by atoms with E-state index in [0.29, 0.717) is 19.3 Å². The van der Waals surface area contributed by atoms with Crippen molar-refractivity contribution >= 4 is 5.91 Å². The number of hydrogen-bond acceptors (Lipinski definition) is 10. The molecule has 1 saturated heterocycles. The minimum absolute atomic E-state index is 0.243. The Kier molecular flexibility index (Phi) is 40.2. The lowest BCUT2D eigenvalue weighted by atomic mass is 9.98. The highest BCUT2D eigenvalue weighted by Gasteiger charge is 2.44. The van der Waals surface area contributed by atoms with Crippen molar-refractivity contribution < 1.29 is 50.0 Å². The van der Waals surface area contributed by atoms with Crippen molar-refractivity contribution in [3.63, 3.8) is 0 Å². The summed E-state index contributed by atoms with van der Waals surface area (Å²) in [5.74, 6) is -0.716. The number of aliphatic hydroxyl groups excluding tert-OH is 7. The molecule has 9 unspecified atom stereocenters. The van der Waals surface area contributed by atoms with Gasteiger partial charge >= 0.3 is 0 Å². The molecule has 0 aromatic heterocycles. The van der Waals surface area contributed by atoms with Crippen LogP contribution in [0.2, 0.25) is 0 Å². The van der Waals surface area contributed by atoms with Crippen LogP contribution in [0.3, 0.4) is 0 Å². The fraction of sp³-hybridized carbons (Fsp3) is 0.868. The van der Waals surface area contributed by atoms with Crippen LogP contribution in [0.1, 0.15) is 226 Å². The molecule has 0 aromatic carbocycles. The van der Waals surface area contributed by atoms with E-state index in [0.717, 1.165) is 64.2 Å². The molecule has 1 amide bonds. The van der Waals surface area contributed by atoms with Crippen LogP contribution in [0.15, 0.2) is 36.5 Å². The van der Waals surface area contributed by atoms with Crippen LogP contribution in [-0.4, -0.2) is 110 Å². The van der Waals surface area contributed by atoms with Gasteiger partial charge < -0.3 is 50.5 Å². The van der Waals surface area contributed by atoms with Gasteiger partial charge in [0.05, 0.1) is 25.4 Å². The lowest BCUT2D eigenvalue weighted by Crippen LogP contribution is -2.60. The van der Waals surface area contributed by atoms with Gasteiger partial charge in [0.2, 0.25) is 5.91 Å². The number of aliphatic hydroxyl groups is 7. The van der Waals surface area contributed by atoms with E-state index in [1.807, 2.05) is 0 Å². The lowest BCUT2D eigenvalue weighted by Gasteiger charge is -2.40. The summed E-state index contributed by atoms with van der Waals surface area (Å²) in [6.07, 6.45) is 39.1. The van der Waals surface area contributed by atoms with Crippen LogP contribution in [0, 0.1) is 0 Å². The lowest BCUT2D eigenvalue weighted by molar-refractivity contribution is -0.303. The molecule has 11 heteroatoms. The first-order valence-corrected chi connectivity index (χ1v) is 26.4. The van der Waals surface area contributed by atoms with Crippen molar-refractivity contribution in [3.8, 4) is 0 Å². The molecule has 376 valence electrons. The number of carbonyl (C=O) groups excluding carboxylic acids is 1. The van der Waals surface area contributed by atoms with Crippen LogP contribution >= 0.6 is 0 Å². The third-order valence-corrected chi connectivity index (χ3v) is 12.6. The van der Waals surface area contributed by atoms with Crippen molar-refractivity contribution in [1.82, 2.24) is 5.32 Å². The highest BCUT2D eigenvalue weighted by atomic mass is 16.7. The van der Waals surface area contributed by atoms with E-state index in [2.05, 4.69) is 55.6 Å². The summed E-state index contributed by atoms with van der Waals surface area (Å²) >= 11 is 0. The topological polar surface area (TPSA) is 189 Å². The third-order valence-electron chi connectivity index (χ3n) is 12.6. The van der Waals surface area contributed by atoms with Crippen LogP contribution in [0.25, 0.3) is 0 Å². The van der Waals surface area contributed by atoms with E-state index >= 15 is 0 Å². The second-order valence-corrected chi connectivity index (χ2v) is 18.6. The van der Waals surface area contributed by atoms with Gasteiger partial charge in [-0.3, -0.25) is 4.79 Å². The van der Waals surface area contributed by atoms with Crippen LogP contribution in [-0.2, 0) is 14.3 Å². The largest absolute Gasteiger partial charge is 0.394 e. The monoisotopic (exact) mass is 910 g/mol. The van der Waals surface area contributed by atoms with Gasteiger partial charge in [-0.15, -0.1) is 0 Å². The smallest absolute Gasteiger partial charge is 0.249 e. The normalized spacial score (nSPS) is 21.3. The Labute approximate surface area is 390 Å². The zero-order valence-corrected chi connectivity index (χ0v) is 40.8. The molecule has 64 heavy (non-hydrogen) atoms. The first-order chi connectivity index (χ1) is 31.2. The second kappa shape index (κ2) is 42.7. The first-order valence-electron chi connectivity index (χ1n) is 26.4. The zero-order valence-electron chi connectivity index (χ0n) is 40.8. The van der Waals surface area contributed by atoms with Crippen molar-refractivity contribution in [2.45, 2.75) is 281 Å². The minimum atomic E-state index is -1.67. The molecule has 0 saturated carbocycles. The number of unbranched alkanes of at least 4 members (excludes halogenated alkanes) is 26. The Morgan fingerprint density at radius 3 is 1.41 bits per heavy atom. The minimum Gasteiger partial charge on any atom is -0.394 e. The first kappa shape index (κ1) is 60.3. The maximum atomic E-state index is 13.1. The zero-order chi connectivity index (χ0) is 46.9. The number of hydrogen-bond donors (Lipinski definition) is 8. The Bertz CT molecular complexity index is 1130. The third kappa shape index (κ3) is 31.3. The molecule has 0 spiro atoms. The fourth-order valence-electron chi connectivity index (χ4n) is 8.28. The van der Waals surface area contributed by atoms with Crippen molar-refractivity contribution in [1.29, 1.82) is 0 Å². The number of carbonyl (C=O) groups is 1. The summed E-state index contributed by atoms with van der Waals surface area (Å²) < 4.78 is 11.1. The molecular formula is C53H99NO10. The summed E-state index contributed by atoms with van der Waals surface area (Å²) in [6, 6.07) is -1.19. The highest BCUT2D eigenvalue weighted by Crippen LogP contribution is 2.23.